The molecule has 1 N–H and O–H groups in total. The number of hydrogen-bond donors (Lipinski definition) is 1. The van der Waals surface area contributed by atoms with E-state index in [2.05, 4.69) is 10.4 Å². The molecule has 1 atom stereocenters. The van der Waals surface area contributed by atoms with Crippen LogP contribution in [0.1, 0.15) is 42.9 Å². The SMILES string of the molecule is CC(OC(=O)c1nn(C(C)C)c(=O)c2ccccc12)C(=O)NCCc1ccc(F)cc1. The molecule has 31 heavy (non-hydrogen) atoms. The first-order chi connectivity index (χ1) is 14.8. The number of nitrogens with one attached hydrogen (secondary N) is 1. The summed E-state index contributed by atoms with van der Waals surface area (Å²) in [5.41, 5.74) is 0.557. The number of esters is 1. The molecule has 0 bridgehead atoms. The minimum absolute atomic E-state index is 0.0186. The molecule has 0 fully saturated rings. The Morgan fingerprint density at radius 1 is 1.06 bits per heavy atom. The molecule has 3 aromatic rings. The van der Waals surface area contributed by atoms with Crippen LogP contribution in [0.3, 0.4) is 0 Å². The molecule has 0 spiro atoms. The van der Waals surface area contributed by atoms with E-state index >= 15 is 0 Å². The van der Waals surface area contributed by atoms with Crippen molar-refractivity contribution in [1.82, 2.24) is 15.1 Å². The van der Waals surface area contributed by atoms with Gasteiger partial charge in [-0.2, -0.15) is 5.10 Å². The van der Waals surface area contributed by atoms with E-state index in [9.17, 15) is 18.8 Å². The van der Waals surface area contributed by atoms with Gasteiger partial charge in [-0.1, -0.05) is 30.3 Å². The van der Waals surface area contributed by atoms with Gasteiger partial charge in [-0.25, -0.2) is 13.9 Å². The van der Waals surface area contributed by atoms with Crippen LogP contribution >= 0.6 is 0 Å². The summed E-state index contributed by atoms with van der Waals surface area (Å²) in [6, 6.07) is 12.4. The number of aromatic nitrogens is 2. The highest BCUT2D eigenvalue weighted by Crippen LogP contribution is 2.16. The van der Waals surface area contributed by atoms with E-state index in [0.29, 0.717) is 23.7 Å². The number of rotatable bonds is 7. The first-order valence-electron chi connectivity index (χ1n) is 10.0. The quantitative estimate of drug-likeness (QED) is 0.588. The fourth-order valence-electron chi connectivity index (χ4n) is 3.10. The molecule has 0 aliphatic carbocycles. The van der Waals surface area contributed by atoms with E-state index in [1.807, 2.05) is 0 Å². The molecule has 1 aromatic heterocycles. The lowest BCUT2D eigenvalue weighted by molar-refractivity contribution is -0.129. The van der Waals surface area contributed by atoms with Crippen LogP contribution in [0.2, 0.25) is 0 Å². The number of carbonyl (C=O) groups excluding carboxylic acids is 2. The molecule has 162 valence electrons. The highest BCUT2D eigenvalue weighted by atomic mass is 19.1. The predicted molar refractivity (Wildman–Crippen MR) is 114 cm³/mol. The Balaban J connectivity index is 1.69. The molecule has 8 heteroatoms. The highest BCUT2D eigenvalue weighted by molar-refractivity contribution is 6.02. The Kier molecular flexibility index (Phi) is 6.79. The molecule has 7 nitrogen and oxygen atoms in total. The van der Waals surface area contributed by atoms with Crippen LogP contribution in [0.15, 0.2) is 53.3 Å². The largest absolute Gasteiger partial charge is 0.448 e. The average molecular weight is 425 g/mol. The zero-order chi connectivity index (χ0) is 22.5. The van der Waals surface area contributed by atoms with Crippen molar-refractivity contribution >= 4 is 22.6 Å². The number of nitrogens with zero attached hydrogens (tertiary/aromatic N) is 2. The Hall–Kier alpha value is -3.55. The lowest BCUT2D eigenvalue weighted by Gasteiger charge is -2.16. The molecule has 3 rings (SSSR count). The summed E-state index contributed by atoms with van der Waals surface area (Å²) in [5, 5.41) is 7.61. The maximum absolute atomic E-state index is 13.0. The number of carbonyl (C=O) groups is 2. The second-order valence-electron chi connectivity index (χ2n) is 7.45. The zero-order valence-electron chi connectivity index (χ0n) is 17.6. The maximum Gasteiger partial charge on any atom is 0.360 e. The van der Waals surface area contributed by atoms with Crippen LogP contribution in [0.4, 0.5) is 4.39 Å². The van der Waals surface area contributed by atoms with Crippen molar-refractivity contribution in [3.63, 3.8) is 0 Å². The van der Waals surface area contributed by atoms with Gasteiger partial charge in [-0.15, -0.1) is 0 Å². The molecule has 0 aliphatic heterocycles. The molecule has 0 aliphatic rings. The van der Waals surface area contributed by atoms with E-state index < -0.39 is 18.0 Å². The Morgan fingerprint density at radius 2 is 1.71 bits per heavy atom. The smallest absolute Gasteiger partial charge is 0.360 e. The van der Waals surface area contributed by atoms with Crippen molar-refractivity contribution < 1.29 is 18.7 Å². The molecular weight excluding hydrogens is 401 g/mol. The first kappa shape index (κ1) is 22.1. The molecule has 1 amide bonds. The van der Waals surface area contributed by atoms with Crippen molar-refractivity contribution in [1.29, 1.82) is 0 Å². The predicted octanol–water partition coefficient (Wildman–Crippen LogP) is 3.02. The van der Waals surface area contributed by atoms with E-state index in [1.54, 1.807) is 50.2 Å². The summed E-state index contributed by atoms with van der Waals surface area (Å²) < 4.78 is 19.5. The summed E-state index contributed by atoms with van der Waals surface area (Å²) in [4.78, 5) is 37.7. The fourth-order valence-corrected chi connectivity index (χ4v) is 3.10. The number of halogens is 1. The van der Waals surface area contributed by atoms with Gasteiger partial charge in [0.15, 0.2) is 11.8 Å². The molecule has 2 aromatic carbocycles. The minimum atomic E-state index is -1.05. The average Bonchev–Trinajstić information content (AvgIpc) is 2.75. The second-order valence-corrected chi connectivity index (χ2v) is 7.45. The van der Waals surface area contributed by atoms with Crippen LogP contribution in [-0.4, -0.2) is 34.3 Å². The van der Waals surface area contributed by atoms with Crippen LogP contribution < -0.4 is 10.9 Å². The standard InChI is InChI=1S/C23H24FN3O4/c1-14(2)27-22(29)19-7-5-4-6-18(19)20(26-27)23(30)31-15(3)21(28)25-13-12-16-8-10-17(24)11-9-16/h4-11,14-15H,12-13H2,1-3H3,(H,25,28). The van der Waals surface area contributed by atoms with Gasteiger partial charge in [-0.3, -0.25) is 9.59 Å². The molecule has 1 unspecified atom stereocenters. The third-order valence-electron chi connectivity index (χ3n) is 4.79. The van der Waals surface area contributed by atoms with E-state index in [-0.39, 0.29) is 23.1 Å². The number of fused-ring (bicyclic) bond motifs is 1. The van der Waals surface area contributed by atoms with Crippen molar-refractivity contribution in [2.45, 2.75) is 39.3 Å². The van der Waals surface area contributed by atoms with Gasteiger partial charge in [0, 0.05) is 11.9 Å². The highest BCUT2D eigenvalue weighted by Gasteiger charge is 2.23. The van der Waals surface area contributed by atoms with E-state index in [1.165, 1.54) is 23.7 Å². The van der Waals surface area contributed by atoms with Crippen LogP contribution in [0.5, 0.6) is 0 Å². The minimum Gasteiger partial charge on any atom is -0.448 e. The Bertz CT molecular complexity index is 1160. The van der Waals surface area contributed by atoms with Gasteiger partial charge in [0.05, 0.1) is 11.4 Å². The zero-order valence-corrected chi connectivity index (χ0v) is 17.6. The van der Waals surface area contributed by atoms with Gasteiger partial charge in [0.2, 0.25) is 0 Å². The van der Waals surface area contributed by atoms with Crippen LogP contribution in [0, 0.1) is 5.82 Å². The molecule has 0 saturated carbocycles. The van der Waals surface area contributed by atoms with Crippen LogP contribution in [0.25, 0.3) is 10.8 Å². The third-order valence-corrected chi connectivity index (χ3v) is 4.79. The normalized spacial score (nSPS) is 12.0. The maximum atomic E-state index is 13.0. The first-order valence-corrected chi connectivity index (χ1v) is 10.0. The Morgan fingerprint density at radius 3 is 2.35 bits per heavy atom. The second kappa shape index (κ2) is 9.51. The molecule has 1 heterocycles. The van der Waals surface area contributed by atoms with Crippen molar-refractivity contribution in [3.8, 4) is 0 Å². The third kappa shape index (κ3) is 5.14. The summed E-state index contributed by atoms with van der Waals surface area (Å²) in [7, 11) is 0. The van der Waals surface area contributed by atoms with Gasteiger partial charge in [0.1, 0.15) is 5.82 Å². The van der Waals surface area contributed by atoms with E-state index in [4.69, 9.17) is 4.74 Å². The number of ether oxygens (including phenoxy) is 1. The number of hydrogen-bond acceptors (Lipinski definition) is 5. The van der Waals surface area contributed by atoms with Crippen molar-refractivity contribution in [2.75, 3.05) is 6.54 Å². The summed E-state index contributed by atoms with van der Waals surface area (Å²) in [6.45, 7) is 5.35. The summed E-state index contributed by atoms with van der Waals surface area (Å²) >= 11 is 0. The van der Waals surface area contributed by atoms with Gasteiger partial charge in [0.25, 0.3) is 11.5 Å². The topological polar surface area (TPSA) is 90.3 Å². The fraction of sp³-hybridized carbons (Fsp3) is 0.304. The lowest BCUT2D eigenvalue weighted by Crippen LogP contribution is -2.37. The molecule has 0 saturated heterocycles. The summed E-state index contributed by atoms with van der Waals surface area (Å²) in [6.07, 6.45) is -0.543. The molecular formula is C23H24FN3O4. The van der Waals surface area contributed by atoms with Crippen LogP contribution in [-0.2, 0) is 16.0 Å². The monoisotopic (exact) mass is 425 g/mol. The molecule has 0 radical (unpaired) electrons. The lowest BCUT2D eigenvalue weighted by atomic mass is 10.1. The number of amides is 1. The number of benzene rings is 2. The Labute approximate surface area is 178 Å². The van der Waals surface area contributed by atoms with Crippen molar-refractivity contribution in [2.24, 2.45) is 0 Å². The summed E-state index contributed by atoms with van der Waals surface area (Å²) in [5.74, 6) is -1.57. The van der Waals surface area contributed by atoms with Crippen molar-refractivity contribution in [3.05, 3.63) is 76.0 Å². The van der Waals surface area contributed by atoms with E-state index in [0.717, 1.165) is 5.56 Å². The van der Waals surface area contributed by atoms with Gasteiger partial charge < -0.3 is 10.1 Å². The van der Waals surface area contributed by atoms with Gasteiger partial charge in [-0.05, 0) is 51.0 Å². The van der Waals surface area contributed by atoms with Gasteiger partial charge >= 0.3 is 5.97 Å².